The van der Waals surface area contributed by atoms with Crippen molar-refractivity contribution in [3.8, 4) is 0 Å². The van der Waals surface area contributed by atoms with Crippen LogP contribution in [-0.4, -0.2) is 11.0 Å². The van der Waals surface area contributed by atoms with Gasteiger partial charge in [-0.15, -0.1) is 0 Å². The van der Waals surface area contributed by atoms with Crippen LogP contribution in [0.5, 0.6) is 0 Å². The van der Waals surface area contributed by atoms with Crippen molar-refractivity contribution in [1.82, 2.24) is 0 Å². The van der Waals surface area contributed by atoms with Crippen LogP contribution in [0.2, 0.25) is 0 Å². The van der Waals surface area contributed by atoms with E-state index in [2.05, 4.69) is 5.32 Å². The Morgan fingerprint density at radius 2 is 1.42 bits per heavy atom. The highest BCUT2D eigenvalue weighted by atomic mass is 19.1. The van der Waals surface area contributed by atoms with Crippen LogP contribution in [0.15, 0.2) is 48.5 Å². The van der Waals surface area contributed by atoms with Gasteiger partial charge in [-0.25, -0.2) is 8.78 Å². The molecule has 2 N–H and O–H groups in total. The lowest BCUT2D eigenvalue weighted by molar-refractivity contribution is -0.124. The molecule has 1 unspecified atom stereocenters. The van der Waals surface area contributed by atoms with Crippen molar-refractivity contribution in [1.29, 1.82) is 0 Å². The minimum atomic E-state index is -1.41. The third-order valence-electron chi connectivity index (χ3n) is 2.55. The zero-order valence-electron chi connectivity index (χ0n) is 9.81. The predicted molar refractivity (Wildman–Crippen MR) is 66.4 cm³/mol. The molecule has 5 heteroatoms. The molecule has 0 radical (unpaired) electrons. The van der Waals surface area contributed by atoms with Crippen molar-refractivity contribution in [2.45, 2.75) is 6.10 Å². The first-order valence-corrected chi connectivity index (χ1v) is 5.56. The number of hydrogen-bond donors (Lipinski definition) is 2. The summed E-state index contributed by atoms with van der Waals surface area (Å²) in [5.74, 6) is -1.54. The molecule has 1 amide bonds. The summed E-state index contributed by atoms with van der Waals surface area (Å²) >= 11 is 0. The molecule has 2 aromatic carbocycles. The van der Waals surface area contributed by atoms with Gasteiger partial charge in [0.05, 0.1) is 0 Å². The third kappa shape index (κ3) is 3.35. The lowest BCUT2D eigenvalue weighted by Gasteiger charge is -2.11. The first-order chi connectivity index (χ1) is 9.06. The van der Waals surface area contributed by atoms with Crippen LogP contribution < -0.4 is 5.32 Å². The number of rotatable bonds is 3. The van der Waals surface area contributed by atoms with Crippen LogP contribution in [0.1, 0.15) is 11.7 Å². The Kier molecular flexibility index (Phi) is 3.87. The Morgan fingerprint density at radius 1 is 0.947 bits per heavy atom. The lowest BCUT2D eigenvalue weighted by atomic mass is 10.1. The average Bonchev–Trinajstić information content (AvgIpc) is 2.41. The van der Waals surface area contributed by atoms with Crippen LogP contribution in [0.25, 0.3) is 0 Å². The summed E-state index contributed by atoms with van der Waals surface area (Å²) in [7, 11) is 0. The summed E-state index contributed by atoms with van der Waals surface area (Å²) in [6, 6.07) is 10.1. The van der Waals surface area contributed by atoms with Gasteiger partial charge in [-0.05, 0) is 42.0 Å². The van der Waals surface area contributed by atoms with Crippen molar-refractivity contribution in [2.75, 3.05) is 5.32 Å². The van der Waals surface area contributed by atoms with Crippen molar-refractivity contribution >= 4 is 11.6 Å². The zero-order chi connectivity index (χ0) is 13.8. The summed E-state index contributed by atoms with van der Waals surface area (Å²) in [4.78, 5) is 11.7. The predicted octanol–water partition coefficient (Wildman–Crippen LogP) is 2.64. The van der Waals surface area contributed by atoms with Gasteiger partial charge in [-0.2, -0.15) is 0 Å². The van der Waals surface area contributed by atoms with Gasteiger partial charge in [0.25, 0.3) is 5.91 Å². The second-order valence-electron chi connectivity index (χ2n) is 3.95. The number of aliphatic hydroxyl groups excluding tert-OH is 1. The van der Waals surface area contributed by atoms with Crippen LogP contribution in [0.3, 0.4) is 0 Å². The third-order valence-corrected chi connectivity index (χ3v) is 2.55. The van der Waals surface area contributed by atoms with E-state index < -0.39 is 23.6 Å². The van der Waals surface area contributed by atoms with E-state index in [1.807, 2.05) is 0 Å². The van der Waals surface area contributed by atoms with E-state index >= 15 is 0 Å². The highest BCUT2D eigenvalue weighted by Crippen LogP contribution is 2.16. The minimum Gasteiger partial charge on any atom is -0.378 e. The molecule has 0 aliphatic carbocycles. The topological polar surface area (TPSA) is 49.3 Å². The van der Waals surface area contributed by atoms with E-state index in [9.17, 15) is 18.7 Å². The fourth-order valence-electron chi connectivity index (χ4n) is 1.54. The van der Waals surface area contributed by atoms with Crippen molar-refractivity contribution in [3.05, 3.63) is 65.7 Å². The van der Waals surface area contributed by atoms with Crippen LogP contribution in [0.4, 0.5) is 14.5 Å². The Labute approximate surface area is 108 Å². The molecule has 3 nitrogen and oxygen atoms in total. The van der Waals surface area contributed by atoms with Gasteiger partial charge in [-0.1, -0.05) is 12.1 Å². The molecule has 0 aromatic heterocycles. The maximum absolute atomic E-state index is 12.7. The molecule has 1 atom stereocenters. The van der Waals surface area contributed by atoms with Crippen LogP contribution >= 0.6 is 0 Å². The van der Waals surface area contributed by atoms with E-state index in [1.165, 1.54) is 36.4 Å². The standard InChI is InChI=1S/C14H11F2NO2/c15-10-3-1-9(2-4-10)13(18)14(19)17-12-7-5-11(16)6-8-12/h1-8,13,18H,(H,17,19). The molecule has 19 heavy (non-hydrogen) atoms. The number of carbonyl (C=O) groups excluding carboxylic acids is 1. The van der Waals surface area contributed by atoms with Gasteiger partial charge >= 0.3 is 0 Å². The maximum Gasteiger partial charge on any atom is 0.257 e. The summed E-state index contributed by atoms with van der Waals surface area (Å²) in [5.41, 5.74) is 0.647. The molecule has 2 aromatic rings. The quantitative estimate of drug-likeness (QED) is 0.894. The SMILES string of the molecule is O=C(Nc1ccc(F)cc1)C(O)c1ccc(F)cc1. The number of amides is 1. The average molecular weight is 263 g/mol. The molecule has 0 fully saturated rings. The highest BCUT2D eigenvalue weighted by Gasteiger charge is 2.17. The van der Waals surface area contributed by atoms with Crippen molar-refractivity contribution in [2.24, 2.45) is 0 Å². The molecular formula is C14H11F2NO2. The maximum atomic E-state index is 12.7. The van der Waals surface area contributed by atoms with Gasteiger partial charge < -0.3 is 10.4 Å². The molecule has 0 aliphatic rings. The summed E-state index contributed by atoms with van der Waals surface area (Å²) < 4.78 is 25.4. The smallest absolute Gasteiger partial charge is 0.257 e. The molecule has 0 bridgehead atoms. The summed E-state index contributed by atoms with van der Waals surface area (Å²) in [5, 5.41) is 12.2. The van der Waals surface area contributed by atoms with Crippen molar-refractivity contribution < 1.29 is 18.7 Å². The molecule has 98 valence electrons. The van der Waals surface area contributed by atoms with Crippen LogP contribution in [-0.2, 0) is 4.79 Å². The molecule has 0 spiro atoms. The zero-order valence-corrected chi connectivity index (χ0v) is 9.81. The molecular weight excluding hydrogens is 252 g/mol. The Morgan fingerprint density at radius 3 is 1.95 bits per heavy atom. The number of aliphatic hydroxyl groups is 1. The minimum absolute atomic E-state index is 0.279. The normalized spacial score (nSPS) is 11.9. The molecule has 0 saturated heterocycles. The monoisotopic (exact) mass is 263 g/mol. The van der Waals surface area contributed by atoms with Gasteiger partial charge in [0.2, 0.25) is 0 Å². The van der Waals surface area contributed by atoms with E-state index in [0.29, 0.717) is 5.69 Å². The second kappa shape index (κ2) is 5.58. The second-order valence-corrected chi connectivity index (χ2v) is 3.95. The molecule has 0 heterocycles. The largest absolute Gasteiger partial charge is 0.378 e. The number of carbonyl (C=O) groups is 1. The van der Waals surface area contributed by atoms with Gasteiger partial charge in [0.1, 0.15) is 11.6 Å². The Balaban J connectivity index is 2.07. The Bertz CT molecular complexity index is 567. The van der Waals surface area contributed by atoms with E-state index in [-0.39, 0.29) is 5.56 Å². The number of hydrogen-bond acceptors (Lipinski definition) is 2. The fraction of sp³-hybridized carbons (Fsp3) is 0.0714. The van der Waals surface area contributed by atoms with Gasteiger partial charge in [-0.3, -0.25) is 4.79 Å². The van der Waals surface area contributed by atoms with Gasteiger partial charge in [0, 0.05) is 5.69 Å². The number of halogens is 2. The molecule has 2 rings (SSSR count). The van der Waals surface area contributed by atoms with Crippen LogP contribution in [0, 0.1) is 11.6 Å². The summed E-state index contributed by atoms with van der Waals surface area (Å²) in [6.45, 7) is 0. The van der Waals surface area contributed by atoms with E-state index in [1.54, 1.807) is 0 Å². The Hall–Kier alpha value is -2.27. The lowest BCUT2D eigenvalue weighted by Crippen LogP contribution is -2.20. The van der Waals surface area contributed by atoms with E-state index in [4.69, 9.17) is 0 Å². The van der Waals surface area contributed by atoms with E-state index in [0.717, 1.165) is 12.1 Å². The summed E-state index contributed by atoms with van der Waals surface area (Å²) in [6.07, 6.45) is -1.41. The fourth-order valence-corrected chi connectivity index (χ4v) is 1.54. The van der Waals surface area contributed by atoms with Gasteiger partial charge in [0.15, 0.2) is 6.10 Å². The van der Waals surface area contributed by atoms with Crippen molar-refractivity contribution in [3.63, 3.8) is 0 Å². The number of anilines is 1. The highest BCUT2D eigenvalue weighted by molar-refractivity contribution is 5.94. The molecule has 0 aliphatic heterocycles. The molecule has 0 saturated carbocycles. The number of benzene rings is 2. The first kappa shape index (κ1) is 13.2. The first-order valence-electron chi connectivity index (χ1n) is 5.56. The number of nitrogens with one attached hydrogen (secondary N) is 1.